The molecule has 0 aromatic heterocycles. The summed E-state index contributed by atoms with van der Waals surface area (Å²) in [5, 5.41) is 0. The minimum Gasteiger partial charge on any atom is -0.431 e. The molecule has 23 heavy (non-hydrogen) atoms. The Morgan fingerprint density at radius 2 is 1.43 bits per heavy atom. The summed E-state index contributed by atoms with van der Waals surface area (Å²) in [5.74, 6) is 2.58. The van der Waals surface area contributed by atoms with Crippen molar-refractivity contribution < 1.29 is 19.3 Å². The molecular weight excluding hydrogens is 292 g/mol. The Labute approximate surface area is 138 Å². The van der Waals surface area contributed by atoms with Crippen LogP contribution in [0.2, 0.25) is 0 Å². The van der Waals surface area contributed by atoms with Crippen LogP contribution in [0.5, 0.6) is 0 Å². The average molecular weight is 320 g/mol. The minimum absolute atomic E-state index is 0.00334. The van der Waals surface area contributed by atoms with Crippen LogP contribution in [0.3, 0.4) is 0 Å². The molecule has 128 valence electrons. The third-order valence-corrected chi connectivity index (χ3v) is 7.37. The summed E-state index contributed by atoms with van der Waals surface area (Å²) in [5.41, 5.74) is 0.00334. The molecule has 6 rings (SSSR count). The van der Waals surface area contributed by atoms with Gasteiger partial charge in [0, 0.05) is 11.3 Å². The van der Waals surface area contributed by atoms with E-state index in [9.17, 15) is 4.79 Å². The molecule has 0 radical (unpaired) electrons. The van der Waals surface area contributed by atoms with Gasteiger partial charge in [0.15, 0.2) is 6.10 Å². The van der Waals surface area contributed by atoms with Crippen molar-refractivity contribution in [2.75, 3.05) is 0 Å². The zero-order valence-electron chi connectivity index (χ0n) is 13.9. The normalized spacial score (nSPS) is 50.1. The molecule has 0 aromatic rings. The van der Waals surface area contributed by atoms with E-state index in [1.54, 1.807) is 0 Å². The van der Waals surface area contributed by atoms with Crippen LogP contribution in [-0.2, 0) is 19.3 Å². The van der Waals surface area contributed by atoms with E-state index in [-0.39, 0.29) is 11.4 Å². The number of hydrogen-bond acceptors (Lipinski definition) is 4. The highest BCUT2D eigenvalue weighted by Gasteiger charge is 2.59. The quantitative estimate of drug-likeness (QED) is 0.570. The second-order valence-electron chi connectivity index (χ2n) is 9.06. The number of ether oxygens (including phenoxy) is 1. The van der Waals surface area contributed by atoms with E-state index in [0.29, 0.717) is 5.92 Å². The zero-order chi connectivity index (χ0) is 15.4. The number of esters is 1. The molecule has 4 nitrogen and oxygen atoms in total. The first-order valence-corrected chi connectivity index (χ1v) is 9.74. The first-order valence-electron chi connectivity index (χ1n) is 9.74. The predicted molar refractivity (Wildman–Crippen MR) is 83.0 cm³/mol. The van der Waals surface area contributed by atoms with Crippen LogP contribution in [-0.4, -0.2) is 18.4 Å². The van der Waals surface area contributed by atoms with Gasteiger partial charge in [-0.3, -0.25) is 0 Å². The lowest BCUT2D eigenvalue weighted by Crippen LogP contribution is -2.57. The highest BCUT2D eigenvalue weighted by molar-refractivity contribution is 5.76. The largest absolute Gasteiger partial charge is 0.431 e. The molecule has 4 bridgehead atoms. The van der Waals surface area contributed by atoms with Gasteiger partial charge in [0.05, 0.1) is 0 Å². The van der Waals surface area contributed by atoms with Gasteiger partial charge in [0.2, 0.25) is 6.29 Å². The van der Waals surface area contributed by atoms with Crippen molar-refractivity contribution in [3.8, 4) is 0 Å². The summed E-state index contributed by atoms with van der Waals surface area (Å²) in [6.45, 7) is 0. The number of cyclic esters (lactones) is 1. The summed E-state index contributed by atoms with van der Waals surface area (Å²) in [4.78, 5) is 24.1. The van der Waals surface area contributed by atoms with Crippen LogP contribution in [0.1, 0.15) is 70.6 Å². The molecule has 0 spiro atoms. The van der Waals surface area contributed by atoms with Crippen LogP contribution >= 0.6 is 0 Å². The van der Waals surface area contributed by atoms with Gasteiger partial charge in [-0.1, -0.05) is 19.3 Å². The molecule has 6 aliphatic rings. The standard InChI is InChI=1S/C19H28O4/c20-17-16(22-23-18(21-17)15-4-2-1-3-5-15)19-9-12-6-13(10-19)8-14(7-12)11-19/h12-16,18H,1-11H2/t12?,13?,14?,16-,18+,19?/m1/s1. The zero-order valence-corrected chi connectivity index (χ0v) is 13.9. The van der Waals surface area contributed by atoms with Gasteiger partial charge in [-0.2, -0.15) is 4.89 Å². The highest BCUT2D eigenvalue weighted by Crippen LogP contribution is 2.62. The summed E-state index contributed by atoms with van der Waals surface area (Å²) in [6.07, 6.45) is 12.4. The molecule has 0 unspecified atom stereocenters. The lowest BCUT2D eigenvalue weighted by Gasteiger charge is -2.58. The Morgan fingerprint density at radius 3 is 2.00 bits per heavy atom. The molecule has 5 saturated carbocycles. The van der Waals surface area contributed by atoms with E-state index in [4.69, 9.17) is 14.5 Å². The molecule has 1 heterocycles. The molecule has 0 N–H and O–H groups in total. The smallest absolute Gasteiger partial charge is 0.341 e. The predicted octanol–water partition coefficient (Wildman–Crippen LogP) is 3.98. The molecule has 1 saturated heterocycles. The van der Waals surface area contributed by atoms with Gasteiger partial charge >= 0.3 is 5.97 Å². The van der Waals surface area contributed by atoms with Crippen molar-refractivity contribution in [3.63, 3.8) is 0 Å². The van der Waals surface area contributed by atoms with Gasteiger partial charge in [-0.05, 0) is 69.1 Å². The summed E-state index contributed by atoms with van der Waals surface area (Å²) < 4.78 is 5.74. The average Bonchev–Trinajstić information content (AvgIpc) is 2.54. The molecule has 6 fully saturated rings. The van der Waals surface area contributed by atoms with Gasteiger partial charge in [-0.25, -0.2) is 9.68 Å². The van der Waals surface area contributed by atoms with Crippen molar-refractivity contribution in [2.45, 2.75) is 83.0 Å². The number of rotatable bonds is 2. The number of carbonyl (C=O) groups is 1. The van der Waals surface area contributed by atoms with Crippen molar-refractivity contribution in [1.82, 2.24) is 0 Å². The Balaban J connectivity index is 1.30. The van der Waals surface area contributed by atoms with Gasteiger partial charge in [0.1, 0.15) is 0 Å². The second kappa shape index (κ2) is 5.45. The Bertz CT molecular complexity index is 446. The molecule has 0 aromatic carbocycles. The Hall–Kier alpha value is -0.610. The van der Waals surface area contributed by atoms with Crippen molar-refractivity contribution in [2.24, 2.45) is 29.1 Å². The van der Waals surface area contributed by atoms with Crippen molar-refractivity contribution in [3.05, 3.63) is 0 Å². The Kier molecular flexibility index (Phi) is 3.49. The van der Waals surface area contributed by atoms with E-state index in [1.807, 2.05) is 0 Å². The number of hydrogen-bond donors (Lipinski definition) is 0. The second-order valence-corrected chi connectivity index (χ2v) is 9.06. The molecular formula is C19H28O4. The van der Waals surface area contributed by atoms with Gasteiger partial charge < -0.3 is 4.74 Å². The highest BCUT2D eigenvalue weighted by atomic mass is 17.2. The van der Waals surface area contributed by atoms with Crippen LogP contribution < -0.4 is 0 Å². The number of carbonyl (C=O) groups excluding carboxylic acids is 1. The molecule has 1 aliphatic heterocycles. The summed E-state index contributed by atoms with van der Waals surface area (Å²) in [6, 6.07) is 0. The van der Waals surface area contributed by atoms with Crippen molar-refractivity contribution >= 4 is 5.97 Å². The van der Waals surface area contributed by atoms with E-state index in [2.05, 4.69) is 0 Å². The fourth-order valence-corrected chi connectivity index (χ4v) is 6.78. The van der Waals surface area contributed by atoms with Gasteiger partial charge in [-0.15, -0.1) is 0 Å². The maximum atomic E-state index is 12.7. The monoisotopic (exact) mass is 320 g/mol. The van der Waals surface area contributed by atoms with E-state index >= 15 is 0 Å². The van der Waals surface area contributed by atoms with E-state index in [0.717, 1.165) is 49.9 Å². The first kappa shape index (κ1) is 14.7. The van der Waals surface area contributed by atoms with Crippen LogP contribution in [0, 0.1) is 29.1 Å². The lowest BCUT2D eigenvalue weighted by molar-refractivity contribution is -0.441. The van der Waals surface area contributed by atoms with E-state index < -0.39 is 12.4 Å². The SMILES string of the molecule is O=C1O[C@H](C2CCCCC2)OO[C@H]1C12CC3CC(CC(C3)C1)C2. The lowest BCUT2D eigenvalue weighted by atomic mass is 9.48. The minimum atomic E-state index is -0.476. The summed E-state index contributed by atoms with van der Waals surface area (Å²) in [7, 11) is 0. The maximum Gasteiger partial charge on any atom is 0.341 e. The first-order chi connectivity index (χ1) is 11.2. The third kappa shape index (κ3) is 2.44. The Morgan fingerprint density at radius 1 is 0.826 bits per heavy atom. The fraction of sp³-hybridized carbons (Fsp3) is 0.947. The maximum absolute atomic E-state index is 12.7. The molecule has 0 amide bonds. The fourth-order valence-electron chi connectivity index (χ4n) is 6.78. The topological polar surface area (TPSA) is 44.8 Å². The van der Waals surface area contributed by atoms with Gasteiger partial charge in [0.25, 0.3) is 0 Å². The third-order valence-electron chi connectivity index (χ3n) is 7.37. The molecule has 5 aliphatic carbocycles. The van der Waals surface area contributed by atoms with E-state index in [1.165, 1.54) is 38.5 Å². The molecule has 4 heteroatoms. The summed E-state index contributed by atoms with van der Waals surface area (Å²) >= 11 is 0. The van der Waals surface area contributed by atoms with Crippen molar-refractivity contribution in [1.29, 1.82) is 0 Å². The van der Waals surface area contributed by atoms with Crippen LogP contribution in [0.15, 0.2) is 0 Å². The molecule has 2 atom stereocenters. The van der Waals surface area contributed by atoms with Crippen LogP contribution in [0.25, 0.3) is 0 Å². The van der Waals surface area contributed by atoms with Crippen LogP contribution in [0.4, 0.5) is 0 Å².